The molecule has 2 nitrogen and oxygen atoms in total. The number of hydrogen-bond donors (Lipinski definition) is 1. The second-order valence-electron chi connectivity index (χ2n) is 4.26. The van der Waals surface area contributed by atoms with Crippen LogP contribution in [0.15, 0.2) is 42.6 Å². The minimum absolute atomic E-state index is 0.215. The van der Waals surface area contributed by atoms with E-state index in [1.54, 1.807) is 6.07 Å². The quantitative estimate of drug-likeness (QED) is 0.826. The lowest BCUT2D eigenvalue weighted by Gasteiger charge is -2.07. The summed E-state index contributed by atoms with van der Waals surface area (Å²) in [6.45, 7) is 0. The van der Waals surface area contributed by atoms with Crippen molar-refractivity contribution in [1.82, 2.24) is 4.98 Å². The van der Waals surface area contributed by atoms with Crippen LogP contribution in [0, 0.1) is 0 Å². The molecule has 0 bridgehead atoms. The molecule has 1 aromatic carbocycles. The number of rotatable bonds is 2. The van der Waals surface area contributed by atoms with Gasteiger partial charge < -0.3 is 5.11 Å². The third-order valence-electron chi connectivity index (χ3n) is 3.00. The lowest BCUT2D eigenvalue weighted by atomic mass is 10.0. The summed E-state index contributed by atoms with van der Waals surface area (Å²) in [6, 6.07) is 12.0. The van der Waals surface area contributed by atoms with Crippen molar-refractivity contribution in [2.75, 3.05) is 0 Å². The van der Waals surface area contributed by atoms with Crippen LogP contribution in [-0.2, 0) is 0 Å². The summed E-state index contributed by atoms with van der Waals surface area (Å²) < 4.78 is 0. The van der Waals surface area contributed by atoms with E-state index in [-0.39, 0.29) is 5.75 Å². The van der Waals surface area contributed by atoms with Gasteiger partial charge in [-0.25, -0.2) is 0 Å². The van der Waals surface area contributed by atoms with Crippen LogP contribution in [-0.4, -0.2) is 10.1 Å². The molecular formula is C14H13NO. The Kier molecular flexibility index (Phi) is 2.13. The van der Waals surface area contributed by atoms with E-state index in [4.69, 9.17) is 0 Å². The van der Waals surface area contributed by atoms with Gasteiger partial charge in [-0.05, 0) is 36.5 Å². The number of hydrogen-bond acceptors (Lipinski definition) is 2. The first-order chi connectivity index (χ1) is 7.84. The fourth-order valence-corrected chi connectivity index (χ4v) is 2.03. The van der Waals surface area contributed by atoms with Crippen molar-refractivity contribution in [3.05, 3.63) is 48.2 Å². The molecule has 1 fully saturated rings. The molecule has 0 radical (unpaired) electrons. The Morgan fingerprint density at radius 1 is 1.06 bits per heavy atom. The van der Waals surface area contributed by atoms with Crippen molar-refractivity contribution in [1.29, 1.82) is 0 Å². The fourth-order valence-electron chi connectivity index (χ4n) is 2.03. The highest BCUT2D eigenvalue weighted by molar-refractivity contribution is 5.65. The molecule has 0 amide bonds. The van der Waals surface area contributed by atoms with E-state index in [1.807, 2.05) is 12.1 Å². The van der Waals surface area contributed by atoms with Gasteiger partial charge in [0.1, 0.15) is 5.75 Å². The van der Waals surface area contributed by atoms with E-state index in [0.717, 1.165) is 5.69 Å². The second kappa shape index (κ2) is 3.63. The largest absolute Gasteiger partial charge is 0.506 e. The van der Waals surface area contributed by atoms with Crippen molar-refractivity contribution in [3.63, 3.8) is 0 Å². The van der Waals surface area contributed by atoms with Gasteiger partial charge in [0.25, 0.3) is 0 Å². The van der Waals surface area contributed by atoms with Crippen LogP contribution in [0.4, 0.5) is 0 Å². The van der Waals surface area contributed by atoms with Crippen molar-refractivity contribution in [3.8, 4) is 17.0 Å². The van der Waals surface area contributed by atoms with Gasteiger partial charge in [-0.15, -0.1) is 0 Å². The standard InChI is InChI=1S/C14H13NO/c16-11-7-8-14(15-9-11)13-4-2-1-3-12(13)10-5-6-10/h1-4,7-10,16H,5-6H2. The Morgan fingerprint density at radius 2 is 1.88 bits per heavy atom. The Morgan fingerprint density at radius 3 is 2.56 bits per heavy atom. The molecule has 1 aromatic heterocycles. The summed E-state index contributed by atoms with van der Waals surface area (Å²) in [5.74, 6) is 0.930. The van der Waals surface area contributed by atoms with Crippen LogP contribution in [0.1, 0.15) is 24.3 Å². The molecule has 0 spiro atoms. The van der Waals surface area contributed by atoms with Crippen LogP contribution >= 0.6 is 0 Å². The molecule has 2 aromatic rings. The number of pyridine rings is 1. The van der Waals surface area contributed by atoms with Crippen molar-refractivity contribution < 1.29 is 5.11 Å². The molecule has 2 heteroatoms. The summed E-state index contributed by atoms with van der Waals surface area (Å²) >= 11 is 0. The highest BCUT2D eigenvalue weighted by atomic mass is 16.3. The van der Waals surface area contributed by atoms with Crippen LogP contribution in [0.3, 0.4) is 0 Å². The molecule has 1 heterocycles. The van der Waals surface area contributed by atoms with Crippen molar-refractivity contribution in [2.24, 2.45) is 0 Å². The Balaban J connectivity index is 2.08. The molecule has 3 rings (SSSR count). The molecule has 1 saturated carbocycles. The average molecular weight is 211 g/mol. The van der Waals surface area contributed by atoms with Gasteiger partial charge in [-0.3, -0.25) is 4.98 Å². The summed E-state index contributed by atoms with van der Waals surface area (Å²) in [7, 11) is 0. The molecule has 16 heavy (non-hydrogen) atoms. The summed E-state index contributed by atoms with van der Waals surface area (Å²) in [5.41, 5.74) is 3.53. The Bertz CT molecular complexity index is 500. The maximum atomic E-state index is 9.23. The van der Waals surface area contributed by atoms with E-state index >= 15 is 0 Å². The van der Waals surface area contributed by atoms with E-state index in [0.29, 0.717) is 5.92 Å². The number of aromatic nitrogens is 1. The molecule has 0 atom stereocenters. The topological polar surface area (TPSA) is 33.1 Å². The molecule has 0 unspecified atom stereocenters. The zero-order valence-electron chi connectivity index (χ0n) is 8.93. The average Bonchev–Trinajstić information content (AvgIpc) is 3.14. The van der Waals surface area contributed by atoms with E-state index in [9.17, 15) is 5.11 Å². The normalized spacial score (nSPS) is 15.0. The molecular weight excluding hydrogens is 198 g/mol. The first-order valence-corrected chi connectivity index (χ1v) is 5.59. The number of nitrogens with zero attached hydrogens (tertiary/aromatic N) is 1. The SMILES string of the molecule is Oc1ccc(-c2ccccc2C2CC2)nc1. The fraction of sp³-hybridized carbons (Fsp3) is 0.214. The summed E-state index contributed by atoms with van der Waals surface area (Å²) in [6.07, 6.45) is 4.07. The van der Waals surface area contributed by atoms with Gasteiger partial charge in [0.2, 0.25) is 0 Å². The molecule has 1 N–H and O–H groups in total. The van der Waals surface area contributed by atoms with Gasteiger partial charge in [0.05, 0.1) is 11.9 Å². The van der Waals surface area contributed by atoms with Crippen molar-refractivity contribution >= 4 is 0 Å². The monoisotopic (exact) mass is 211 g/mol. The molecule has 1 aliphatic rings. The zero-order valence-corrected chi connectivity index (χ0v) is 8.93. The lowest BCUT2D eigenvalue weighted by molar-refractivity contribution is 0.473. The van der Waals surface area contributed by atoms with Crippen LogP contribution in [0.5, 0.6) is 5.75 Å². The Hall–Kier alpha value is -1.83. The zero-order chi connectivity index (χ0) is 11.0. The van der Waals surface area contributed by atoms with E-state index in [1.165, 1.54) is 30.2 Å². The third-order valence-corrected chi connectivity index (χ3v) is 3.00. The lowest BCUT2D eigenvalue weighted by Crippen LogP contribution is -1.88. The van der Waals surface area contributed by atoms with Crippen LogP contribution in [0.2, 0.25) is 0 Å². The number of benzene rings is 1. The summed E-state index contributed by atoms with van der Waals surface area (Å²) in [5, 5.41) is 9.23. The van der Waals surface area contributed by atoms with Crippen LogP contribution < -0.4 is 0 Å². The van der Waals surface area contributed by atoms with Crippen molar-refractivity contribution in [2.45, 2.75) is 18.8 Å². The maximum Gasteiger partial charge on any atom is 0.133 e. The molecule has 80 valence electrons. The number of aromatic hydroxyl groups is 1. The summed E-state index contributed by atoms with van der Waals surface area (Å²) in [4.78, 5) is 4.27. The third kappa shape index (κ3) is 1.67. The maximum absolute atomic E-state index is 9.23. The first-order valence-electron chi connectivity index (χ1n) is 5.59. The molecule has 0 saturated heterocycles. The van der Waals surface area contributed by atoms with E-state index in [2.05, 4.69) is 23.2 Å². The Labute approximate surface area is 94.6 Å². The van der Waals surface area contributed by atoms with Gasteiger partial charge in [0, 0.05) is 5.56 Å². The molecule has 1 aliphatic carbocycles. The van der Waals surface area contributed by atoms with Gasteiger partial charge >= 0.3 is 0 Å². The first kappa shape index (κ1) is 9.40. The highest BCUT2D eigenvalue weighted by Crippen LogP contribution is 2.43. The predicted octanol–water partition coefficient (Wildman–Crippen LogP) is 3.33. The highest BCUT2D eigenvalue weighted by Gasteiger charge is 2.26. The van der Waals surface area contributed by atoms with Gasteiger partial charge in [-0.1, -0.05) is 24.3 Å². The van der Waals surface area contributed by atoms with Crippen LogP contribution in [0.25, 0.3) is 11.3 Å². The predicted molar refractivity (Wildman–Crippen MR) is 63.3 cm³/mol. The smallest absolute Gasteiger partial charge is 0.133 e. The molecule has 0 aliphatic heterocycles. The van der Waals surface area contributed by atoms with E-state index < -0.39 is 0 Å². The van der Waals surface area contributed by atoms with Gasteiger partial charge in [0.15, 0.2) is 0 Å². The minimum Gasteiger partial charge on any atom is -0.506 e. The second-order valence-corrected chi connectivity index (χ2v) is 4.26. The van der Waals surface area contributed by atoms with Gasteiger partial charge in [-0.2, -0.15) is 0 Å². The minimum atomic E-state index is 0.215.